The minimum atomic E-state index is -0.720. The van der Waals surface area contributed by atoms with Gasteiger partial charge in [0.15, 0.2) is 0 Å². The van der Waals surface area contributed by atoms with Gasteiger partial charge in [-0.3, -0.25) is 4.79 Å². The van der Waals surface area contributed by atoms with E-state index in [0.29, 0.717) is 5.92 Å². The lowest BCUT2D eigenvalue weighted by atomic mass is 9.95. The third-order valence-corrected chi connectivity index (χ3v) is 3.59. The highest BCUT2D eigenvalue weighted by Crippen LogP contribution is 2.23. The summed E-state index contributed by atoms with van der Waals surface area (Å²) in [7, 11) is 0. The van der Waals surface area contributed by atoms with Crippen LogP contribution in [0.1, 0.15) is 44.6 Å². The summed E-state index contributed by atoms with van der Waals surface area (Å²) in [6, 6.07) is 0. The molecule has 1 aliphatic heterocycles. The Bertz CT molecular complexity index is 431. The van der Waals surface area contributed by atoms with Crippen LogP contribution in [0.25, 0.3) is 0 Å². The first-order chi connectivity index (χ1) is 9.06. The maximum Gasteiger partial charge on any atom is 0.303 e. The second-order valence-corrected chi connectivity index (χ2v) is 5.52. The standard InChI is InChI=1S/C14H21N3O2/c1-10(2)12-7-15-14(16-8-12)17-5-3-4-11(9-17)6-13(18)19/h7-8,10-11H,3-6,9H2,1-2H3,(H,18,19). The van der Waals surface area contributed by atoms with E-state index >= 15 is 0 Å². The Morgan fingerprint density at radius 1 is 1.47 bits per heavy atom. The van der Waals surface area contributed by atoms with Crippen molar-refractivity contribution in [2.75, 3.05) is 18.0 Å². The first-order valence-electron chi connectivity index (χ1n) is 6.85. The Morgan fingerprint density at radius 2 is 2.16 bits per heavy atom. The Kier molecular flexibility index (Phi) is 4.35. The van der Waals surface area contributed by atoms with Crippen molar-refractivity contribution >= 4 is 11.9 Å². The number of carboxylic acids is 1. The molecule has 0 spiro atoms. The molecule has 1 aromatic rings. The van der Waals surface area contributed by atoms with Crippen molar-refractivity contribution < 1.29 is 9.90 Å². The number of aromatic nitrogens is 2. The molecule has 5 nitrogen and oxygen atoms in total. The molecule has 1 aromatic heterocycles. The van der Waals surface area contributed by atoms with Crippen LogP contribution in [0.4, 0.5) is 5.95 Å². The molecule has 104 valence electrons. The van der Waals surface area contributed by atoms with Crippen molar-refractivity contribution in [2.24, 2.45) is 5.92 Å². The Hall–Kier alpha value is -1.65. The third kappa shape index (κ3) is 3.66. The van der Waals surface area contributed by atoms with Crippen molar-refractivity contribution in [3.05, 3.63) is 18.0 Å². The van der Waals surface area contributed by atoms with Gasteiger partial charge < -0.3 is 10.0 Å². The van der Waals surface area contributed by atoms with E-state index in [9.17, 15) is 4.79 Å². The van der Waals surface area contributed by atoms with E-state index in [4.69, 9.17) is 5.11 Å². The average molecular weight is 263 g/mol. The van der Waals surface area contributed by atoms with Crippen LogP contribution in [-0.4, -0.2) is 34.1 Å². The van der Waals surface area contributed by atoms with Crippen molar-refractivity contribution in [3.8, 4) is 0 Å². The lowest BCUT2D eigenvalue weighted by molar-refractivity contribution is -0.138. The van der Waals surface area contributed by atoms with E-state index in [0.717, 1.165) is 37.4 Å². The number of hydrogen-bond donors (Lipinski definition) is 1. The second kappa shape index (κ2) is 5.99. The molecular weight excluding hydrogens is 242 g/mol. The largest absolute Gasteiger partial charge is 0.481 e. The van der Waals surface area contributed by atoms with Crippen LogP contribution in [0.5, 0.6) is 0 Å². The van der Waals surface area contributed by atoms with E-state index in [-0.39, 0.29) is 12.3 Å². The molecule has 1 fully saturated rings. The van der Waals surface area contributed by atoms with Gasteiger partial charge in [-0.1, -0.05) is 13.8 Å². The predicted octanol–water partition coefficient (Wildman–Crippen LogP) is 2.29. The van der Waals surface area contributed by atoms with Crippen LogP contribution < -0.4 is 4.90 Å². The molecule has 2 rings (SSSR count). The van der Waals surface area contributed by atoms with Gasteiger partial charge in [-0.15, -0.1) is 0 Å². The summed E-state index contributed by atoms with van der Waals surface area (Å²) in [5.41, 5.74) is 1.13. The molecule has 0 radical (unpaired) electrons. The fourth-order valence-electron chi connectivity index (χ4n) is 2.45. The fraction of sp³-hybridized carbons (Fsp3) is 0.643. The number of hydrogen-bond acceptors (Lipinski definition) is 4. The van der Waals surface area contributed by atoms with Gasteiger partial charge in [-0.05, 0) is 30.2 Å². The van der Waals surface area contributed by atoms with Crippen LogP contribution in [0.3, 0.4) is 0 Å². The first kappa shape index (κ1) is 13.8. The summed E-state index contributed by atoms with van der Waals surface area (Å²) >= 11 is 0. The predicted molar refractivity (Wildman–Crippen MR) is 73.3 cm³/mol. The molecule has 0 aliphatic carbocycles. The number of carboxylic acid groups (broad SMARTS) is 1. The lowest BCUT2D eigenvalue weighted by Crippen LogP contribution is -2.37. The summed E-state index contributed by atoms with van der Waals surface area (Å²) < 4.78 is 0. The smallest absolute Gasteiger partial charge is 0.303 e. The van der Waals surface area contributed by atoms with Gasteiger partial charge >= 0.3 is 5.97 Å². The molecule has 1 unspecified atom stereocenters. The van der Waals surface area contributed by atoms with E-state index in [1.807, 2.05) is 12.4 Å². The third-order valence-electron chi connectivity index (χ3n) is 3.59. The van der Waals surface area contributed by atoms with E-state index in [1.54, 1.807) is 0 Å². The summed E-state index contributed by atoms with van der Waals surface area (Å²) in [4.78, 5) is 21.7. The van der Waals surface area contributed by atoms with Gasteiger partial charge in [0.1, 0.15) is 0 Å². The van der Waals surface area contributed by atoms with Gasteiger partial charge in [-0.25, -0.2) is 9.97 Å². The topological polar surface area (TPSA) is 66.3 Å². The lowest BCUT2D eigenvalue weighted by Gasteiger charge is -2.32. The monoisotopic (exact) mass is 263 g/mol. The number of carbonyl (C=O) groups is 1. The molecule has 1 atom stereocenters. The van der Waals surface area contributed by atoms with Crippen LogP contribution >= 0.6 is 0 Å². The molecule has 1 saturated heterocycles. The van der Waals surface area contributed by atoms with Crippen molar-refractivity contribution in [3.63, 3.8) is 0 Å². The molecule has 5 heteroatoms. The highest BCUT2D eigenvalue weighted by atomic mass is 16.4. The van der Waals surface area contributed by atoms with Gasteiger partial charge in [-0.2, -0.15) is 0 Å². The van der Waals surface area contributed by atoms with Gasteiger partial charge in [0.05, 0.1) is 0 Å². The zero-order valence-electron chi connectivity index (χ0n) is 11.5. The molecule has 0 aromatic carbocycles. The van der Waals surface area contributed by atoms with Crippen molar-refractivity contribution in [2.45, 2.75) is 39.0 Å². The highest BCUT2D eigenvalue weighted by molar-refractivity contribution is 5.67. The van der Waals surface area contributed by atoms with E-state index < -0.39 is 5.97 Å². The maximum absolute atomic E-state index is 10.8. The van der Waals surface area contributed by atoms with Crippen LogP contribution in [0.15, 0.2) is 12.4 Å². The zero-order valence-corrected chi connectivity index (χ0v) is 11.5. The number of anilines is 1. The normalized spacial score (nSPS) is 19.7. The summed E-state index contributed by atoms with van der Waals surface area (Å²) in [5.74, 6) is 0.636. The molecule has 0 bridgehead atoms. The molecular formula is C14H21N3O2. The maximum atomic E-state index is 10.8. The van der Waals surface area contributed by atoms with Crippen molar-refractivity contribution in [1.29, 1.82) is 0 Å². The number of nitrogens with zero attached hydrogens (tertiary/aromatic N) is 3. The average Bonchev–Trinajstić information content (AvgIpc) is 2.38. The van der Waals surface area contributed by atoms with Gasteiger partial charge in [0.2, 0.25) is 5.95 Å². The Labute approximate surface area is 113 Å². The number of aliphatic carboxylic acids is 1. The van der Waals surface area contributed by atoms with E-state index in [1.165, 1.54) is 0 Å². The minimum absolute atomic E-state index is 0.208. The van der Waals surface area contributed by atoms with Crippen LogP contribution in [-0.2, 0) is 4.79 Å². The summed E-state index contributed by atoms with van der Waals surface area (Å²) in [6.45, 7) is 5.88. The Balaban J connectivity index is 2.02. The highest BCUT2D eigenvalue weighted by Gasteiger charge is 2.23. The number of rotatable bonds is 4. The molecule has 1 N–H and O–H groups in total. The SMILES string of the molecule is CC(C)c1cnc(N2CCCC(CC(=O)O)C2)nc1. The summed E-state index contributed by atoms with van der Waals surface area (Å²) in [5, 5.41) is 8.87. The second-order valence-electron chi connectivity index (χ2n) is 5.52. The zero-order chi connectivity index (χ0) is 13.8. The van der Waals surface area contributed by atoms with Crippen LogP contribution in [0, 0.1) is 5.92 Å². The summed E-state index contributed by atoms with van der Waals surface area (Å²) in [6.07, 6.45) is 5.96. The molecule has 0 saturated carbocycles. The fourth-order valence-corrected chi connectivity index (χ4v) is 2.45. The molecule has 1 aliphatic rings. The Morgan fingerprint density at radius 3 is 2.74 bits per heavy atom. The van der Waals surface area contributed by atoms with Crippen molar-refractivity contribution in [1.82, 2.24) is 9.97 Å². The van der Waals surface area contributed by atoms with Gasteiger partial charge in [0.25, 0.3) is 0 Å². The number of piperidine rings is 1. The first-order valence-corrected chi connectivity index (χ1v) is 6.85. The molecule has 0 amide bonds. The molecule has 19 heavy (non-hydrogen) atoms. The van der Waals surface area contributed by atoms with E-state index in [2.05, 4.69) is 28.7 Å². The van der Waals surface area contributed by atoms with Crippen LogP contribution in [0.2, 0.25) is 0 Å². The molecule has 2 heterocycles. The quantitative estimate of drug-likeness (QED) is 0.902. The van der Waals surface area contributed by atoms with Gasteiger partial charge in [0, 0.05) is 31.9 Å². The minimum Gasteiger partial charge on any atom is -0.481 e.